The minimum atomic E-state index is -3.08. The first kappa shape index (κ1) is 17.7. The highest BCUT2D eigenvalue weighted by Crippen LogP contribution is 2.40. The van der Waals surface area contributed by atoms with Gasteiger partial charge in [-0.05, 0) is 35.4 Å². The summed E-state index contributed by atoms with van der Waals surface area (Å²) in [4.78, 5) is 18.0. The number of guanidine groups is 1. The van der Waals surface area contributed by atoms with Gasteiger partial charge in [-0.15, -0.1) is 0 Å². The van der Waals surface area contributed by atoms with Gasteiger partial charge in [0.2, 0.25) is 0 Å². The summed E-state index contributed by atoms with van der Waals surface area (Å²) in [5.74, 6) is -2.94. The zero-order valence-electron chi connectivity index (χ0n) is 13.4. The lowest BCUT2D eigenvalue weighted by atomic mass is 9.82. The van der Waals surface area contributed by atoms with Crippen LogP contribution in [0.25, 0.3) is 0 Å². The van der Waals surface area contributed by atoms with Gasteiger partial charge < -0.3 is 10.5 Å². The van der Waals surface area contributed by atoms with Crippen molar-refractivity contribution in [3.8, 4) is 5.75 Å². The molecule has 1 heterocycles. The summed E-state index contributed by atoms with van der Waals surface area (Å²) in [6.07, 6.45) is 0. The minimum absolute atomic E-state index is 0.0814. The van der Waals surface area contributed by atoms with Crippen LogP contribution in [0.5, 0.6) is 5.75 Å². The highest BCUT2D eigenvalue weighted by atomic mass is 19.3. The van der Waals surface area contributed by atoms with Crippen molar-refractivity contribution in [3.63, 3.8) is 0 Å². The van der Waals surface area contributed by atoms with Gasteiger partial charge in [0, 0.05) is 13.1 Å². The molecule has 3 rings (SSSR count). The van der Waals surface area contributed by atoms with Crippen LogP contribution in [-0.4, -0.2) is 30.4 Å². The summed E-state index contributed by atoms with van der Waals surface area (Å²) in [5.41, 5.74) is 3.77. The summed E-state index contributed by atoms with van der Waals surface area (Å²) in [5, 5.41) is 0. The van der Waals surface area contributed by atoms with E-state index in [9.17, 15) is 22.4 Å². The summed E-state index contributed by atoms with van der Waals surface area (Å²) < 4.78 is 56.9. The van der Waals surface area contributed by atoms with E-state index in [1.54, 1.807) is 0 Å². The van der Waals surface area contributed by atoms with E-state index in [2.05, 4.69) is 9.73 Å². The number of carbonyl (C=O) groups excluding carboxylic acids is 1. The van der Waals surface area contributed by atoms with Crippen LogP contribution in [0.1, 0.15) is 11.1 Å². The Morgan fingerprint density at radius 3 is 2.31 bits per heavy atom. The number of amides is 1. The molecule has 1 amide bonds. The van der Waals surface area contributed by atoms with Gasteiger partial charge in [-0.1, -0.05) is 12.1 Å². The van der Waals surface area contributed by atoms with Crippen molar-refractivity contribution >= 4 is 11.9 Å². The number of hydrogen-bond donors (Lipinski definition) is 1. The quantitative estimate of drug-likeness (QED) is 0.845. The second-order valence-electron chi connectivity index (χ2n) is 5.61. The van der Waals surface area contributed by atoms with E-state index in [1.807, 2.05) is 0 Å². The molecule has 0 spiro atoms. The molecular weight excluding hydrogens is 354 g/mol. The Morgan fingerprint density at radius 2 is 1.77 bits per heavy atom. The molecule has 1 aliphatic rings. The lowest BCUT2D eigenvalue weighted by Gasteiger charge is -2.26. The van der Waals surface area contributed by atoms with Crippen LogP contribution in [0.2, 0.25) is 0 Å². The zero-order chi connectivity index (χ0) is 19.1. The van der Waals surface area contributed by atoms with Gasteiger partial charge >= 0.3 is 6.61 Å². The van der Waals surface area contributed by atoms with E-state index in [0.717, 1.165) is 23.1 Å². The van der Waals surface area contributed by atoms with E-state index < -0.39 is 29.7 Å². The fourth-order valence-electron chi connectivity index (χ4n) is 2.84. The Labute approximate surface area is 145 Å². The first-order valence-electron chi connectivity index (χ1n) is 7.39. The van der Waals surface area contributed by atoms with Gasteiger partial charge in [-0.2, -0.15) is 8.78 Å². The number of halogens is 4. The van der Waals surface area contributed by atoms with E-state index in [4.69, 9.17) is 5.73 Å². The number of likely N-dealkylation sites (N-methyl/N-ethyl adjacent to an activating group) is 1. The van der Waals surface area contributed by atoms with Crippen molar-refractivity contribution in [2.45, 2.75) is 12.2 Å². The third-order valence-electron chi connectivity index (χ3n) is 4.00. The number of hydrogen-bond acceptors (Lipinski definition) is 4. The van der Waals surface area contributed by atoms with Gasteiger partial charge in [0.15, 0.2) is 11.5 Å². The predicted octanol–water partition coefficient (Wildman–Crippen LogP) is 2.60. The normalized spacial score (nSPS) is 19.8. The van der Waals surface area contributed by atoms with Crippen molar-refractivity contribution in [1.29, 1.82) is 0 Å². The molecule has 1 aliphatic heterocycles. The van der Waals surface area contributed by atoms with Crippen LogP contribution in [0.15, 0.2) is 47.5 Å². The van der Waals surface area contributed by atoms with Crippen LogP contribution in [0.4, 0.5) is 17.6 Å². The van der Waals surface area contributed by atoms with Gasteiger partial charge in [0.25, 0.3) is 5.91 Å². The second kappa shape index (κ2) is 6.32. The second-order valence-corrected chi connectivity index (χ2v) is 5.61. The molecule has 136 valence electrons. The molecule has 0 aliphatic carbocycles. The molecule has 5 nitrogen and oxygen atoms in total. The Morgan fingerprint density at radius 1 is 1.12 bits per heavy atom. The molecule has 1 unspecified atom stereocenters. The SMILES string of the molecule is CN1C(=O)C(c2cc(F)cc(F)c2)(c2cccc(OC(F)F)c2)N=C1N. The van der Waals surface area contributed by atoms with Crippen LogP contribution in [0.3, 0.4) is 0 Å². The maximum atomic E-state index is 13.8. The molecule has 26 heavy (non-hydrogen) atoms. The molecular formula is C17H13F4N3O2. The molecule has 0 saturated heterocycles. The van der Waals surface area contributed by atoms with Crippen LogP contribution in [0, 0.1) is 11.6 Å². The number of alkyl halides is 2. The first-order chi connectivity index (χ1) is 12.2. The molecule has 2 aromatic carbocycles. The molecule has 9 heteroatoms. The maximum Gasteiger partial charge on any atom is 0.387 e. The number of rotatable bonds is 4. The van der Waals surface area contributed by atoms with Crippen LogP contribution < -0.4 is 10.5 Å². The Hall–Kier alpha value is -3.10. The predicted molar refractivity (Wildman–Crippen MR) is 84.6 cm³/mol. The number of ether oxygens (including phenoxy) is 1. The third-order valence-corrected chi connectivity index (χ3v) is 4.00. The smallest absolute Gasteiger partial charge is 0.387 e. The molecule has 2 aromatic rings. The molecule has 0 aromatic heterocycles. The Kier molecular flexibility index (Phi) is 4.31. The number of carbonyl (C=O) groups is 1. The minimum Gasteiger partial charge on any atom is -0.435 e. The lowest BCUT2D eigenvalue weighted by Crippen LogP contribution is -2.41. The molecule has 1 atom stereocenters. The summed E-state index contributed by atoms with van der Waals surface area (Å²) in [6.45, 7) is -3.08. The van der Waals surface area contributed by atoms with Crippen molar-refractivity contribution < 1.29 is 27.1 Å². The van der Waals surface area contributed by atoms with Crippen molar-refractivity contribution in [2.75, 3.05) is 7.05 Å². The fourth-order valence-corrected chi connectivity index (χ4v) is 2.84. The van der Waals surface area contributed by atoms with Crippen LogP contribution in [-0.2, 0) is 10.3 Å². The maximum absolute atomic E-state index is 13.8. The van der Waals surface area contributed by atoms with E-state index in [-0.39, 0.29) is 22.8 Å². The number of benzene rings is 2. The fraction of sp³-hybridized carbons (Fsp3) is 0.176. The van der Waals surface area contributed by atoms with Crippen molar-refractivity contribution in [3.05, 3.63) is 65.2 Å². The molecule has 0 saturated carbocycles. The lowest BCUT2D eigenvalue weighted by molar-refractivity contribution is -0.129. The van der Waals surface area contributed by atoms with E-state index in [0.29, 0.717) is 6.07 Å². The molecule has 0 fully saturated rings. The standard InChI is InChI=1S/C17H13F4N3O2/c1-24-14(25)17(23-16(24)22,10-5-11(18)8-12(19)6-10)9-3-2-4-13(7-9)26-15(20)21/h2-8,15H,1H3,(H2,22,23). The monoisotopic (exact) mass is 367 g/mol. The molecule has 0 radical (unpaired) electrons. The molecule has 2 N–H and O–H groups in total. The topological polar surface area (TPSA) is 67.9 Å². The van der Waals surface area contributed by atoms with Gasteiger partial charge in [0.1, 0.15) is 17.4 Å². The Bertz CT molecular complexity index is 883. The summed E-state index contributed by atoms with van der Waals surface area (Å²) in [7, 11) is 1.35. The van der Waals surface area contributed by atoms with Crippen molar-refractivity contribution in [1.82, 2.24) is 4.90 Å². The Balaban J connectivity index is 2.25. The van der Waals surface area contributed by atoms with Crippen molar-refractivity contribution in [2.24, 2.45) is 10.7 Å². The molecule has 0 bridgehead atoms. The van der Waals surface area contributed by atoms with Gasteiger partial charge in [0.05, 0.1) is 0 Å². The number of nitrogens with two attached hydrogens (primary N) is 1. The number of nitrogens with zero attached hydrogens (tertiary/aromatic N) is 2. The van der Waals surface area contributed by atoms with E-state index in [1.165, 1.54) is 25.2 Å². The van der Waals surface area contributed by atoms with Crippen LogP contribution >= 0.6 is 0 Å². The third kappa shape index (κ3) is 2.85. The van der Waals surface area contributed by atoms with E-state index >= 15 is 0 Å². The highest BCUT2D eigenvalue weighted by molar-refractivity contribution is 6.08. The van der Waals surface area contributed by atoms with Gasteiger partial charge in [-0.25, -0.2) is 13.8 Å². The largest absolute Gasteiger partial charge is 0.435 e. The van der Waals surface area contributed by atoms with Gasteiger partial charge in [-0.3, -0.25) is 9.69 Å². The number of aliphatic imine (C=N–C) groups is 1. The average molecular weight is 367 g/mol. The summed E-state index contributed by atoms with van der Waals surface area (Å²) in [6, 6.07) is 7.71. The summed E-state index contributed by atoms with van der Waals surface area (Å²) >= 11 is 0. The zero-order valence-corrected chi connectivity index (χ0v) is 13.4. The highest BCUT2D eigenvalue weighted by Gasteiger charge is 2.50. The average Bonchev–Trinajstić information content (AvgIpc) is 2.79. The first-order valence-corrected chi connectivity index (χ1v) is 7.39.